The van der Waals surface area contributed by atoms with Gasteiger partial charge < -0.3 is 4.90 Å². The van der Waals surface area contributed by atoms with Gasteiger partial charge in [-0.05, 0) is 29.3 Å². The second-order valence-electron chi connectivity index (χ2n) is 4.36. The van der Waals surface area contributed by atoms with E-state index in [1.54, 1.807) is 29.4 Å². The normalized spacial score (nSPS) is 10.2. The molecule has 0 spiro atoms. The summed E-state index contributed by atoms with van der Waals surface area (Å²) in [6, 6.07) is 9.94. The molecule has 2 rings (SSSR count). The first-order valence-electron chi connectivity index (χ1n) is 6.04. The summed E-state index contributed by atoms with van der Waals surface area (Å²) >= 11 is 0. The zero-order chi connectivity index (χ0) is 13.7. The highest BCUT2D eigenvalue weighted by atomic mass is 19.1. The molecule has 0 aliphatic rings. The topological polar surface area (TPSA) is 33.2 Å². The van der Waals surface area contributed by atoms with E-state index in [4.69, 9.17) is 0 Å². The Morgan fingerprint density at radius 2 is 1.84 bits per heavy atom. The van der Waals surface area contributed by atoms with E-state index < -0.39 is 0 Å². The fourth-order valence-corrected chi connectivity index (χ4v) is 1.80. The summed E-state index contributed by atoms with van der Waals surface area (Å²) < 4.78 is 12.8. The third kappa shape index (κ3) is 3.88. The van der Waals surface area contributed by atoms with Gasteiger partial charge in [0.1, 0.15) is 5.82 Å². The molecule has 0 fully saturated rings. The lowest BCUT2D eigenvalue weighted by atomic mass is 10.2. The Bertz CT molecular complexity index is 540. The maximum atomic E-state index is 12.8. The highest BCUT2D eigenvalue weighted by Crippen LogP contribution is 2.10. The Morgan fingerprint density at radius 1 is 1.16 bits per heavy atom. The van der Waals surface area contributed by atoms with Gasteiger partial charge in [0.25, 0.3) is 0 Å². The highest BCUT2D eigenvalue weighted by molar-refractivity contribution is 5.73. The zero-order valence-corrected chi connectivity index (χ0v) is 10.7. The van der Waals surface area contributed by atoms with Gasteiger partial charge in [-0.3, -0.25) is 9.78 Å². The van der Waals surface area contributed by atoms with Gasteiger partial charge in [-0.15, -0.1) is 0 Å². The van der Waals surface area contributed by atoms with Gasteiger partial charge in [0.05, 0.1) is 0 Å². The van der Waals surface area contributed by atoms with Crippen LogP contribution in [0.3, 0.4) is 0 Å². The molecule has 1 heterocycles. The lowest BCUT2D eigenvalue weighted by molar-refractivity contribution is -0.130. The molecule has 0 N–H and O–H groups in total. The third-order valence-corrected chi connectivity index (χ3v) is 2.83. The smallest absolute Gasteiger partial charge is 0.220 e. The van der Waals surface area contributed by atoms with Crippen LogP contribution in [0.2, 0.25) is 0 Å². The number of rotatable bonds is 4. The van der Waals surface area contributed by atoms with Crippen LogP contribution in [-0.2, 0) is 17.9 Å². The minimum Gasteiger partial charge on any atom is -0.334 e. The van der Waals surface area contributed by atoms with Crippen molar-refractivity contribution in [2.45, 2.75) is 20.0 Å². The minimum atomic E-state index is -0.273. The lowest BCUT2D eigenvalue weighted by Crippen LogP contribution is -2.27. The number of halogens is 1. The van der Waals surface area contributed by atoms with Crippen LogP contribution in [0.15, 0.2) is 48.8 Å². The Hall–Kier alpha value is -2.23. The molecule has 0 aliphatic carbocycles. The van der Waals surface area contributed by atoms with E-state index in [-0.39, 0.29) is 11.7 Å². The van der Waals surface area contributed by atoms with Crippen molar-refractivity contribution in [2.75, 3.05) is 0 Å². The number of carbonyl (C=O) groups is 1. The first-order valence-corrected chi connectivity index (χ1v) is 6.04. The van der Waals surface area contributed by atoms with Crippen LogP contribution in [-0.4, -0.2) is 15.8 Å². The van der Waals surface area contributed by atoms with Crippen molar-refractivity contribution in [1.29, 1.82) is 0 Å². The van der Waals surface area contributed by atoms with E-state index in [0.717, 1.165) is 11.1 Å². The first kappa shape index (κ1) is 13.2. The van der Waals surface area contributed by atoms with E-state index >= 15 is 0 Å². The monoisotopic (exact) mass is 258 g/mol. The van der Waals surface area contributed by atoms with Gasteiger partial charge in [-0.1, -0.05) is 18.2 Å². The first-order chi connectivity index (χ1) is 9.15. The summed E-state index contributed by atoms with van der Waals surface area (Å²) in [5, 5.41) is 0. The standard InChI is InChI=1S/C15H15FN2O/c1-12(19)18(11-14-3-2-8-17-9-14)10-13-4-6-15(16)7-5-13/h2-9H,10-11H2,1H3. The molecule has 0 unspecified atom stereocenters. The number of aromatic nitrogens is 1. The maximum absolute atomic E-state index is 12.8. The molecule has 0 radical (unpaired) electrons. The number of hydrogen-bond acceptors (Lipinski definition) is 2. The third-order valence-electron chi connectivity index (χ3n) is 2.83. The van der Waals surface area contributed by atoms with Crippen molar-refractivity contribution in [1.82, 2.24) is 9.88 Å². The molecule has 0 saturated heterocycles. The van der Waals surface area contributed by atoms with Gasteiger partial charge in [0.15, 0.2) is 0 Å². The van der Waals surface area contributed by atoms with Gasteiger partial charge >= 0.3 is 0 Å². The Morgan fingerprint density at radius 3 is 2.42 bits per heavy atom. The second-order valence-corrected chi connectivity index (χ2v) is 4.36. The van der Waals surface area contributed by atoms with Crippen LogP contribution in [0.5, 0.6) is 0 Å². The van der Waals surface area contributed by atoms with Crippen LogP contribution >= 0.6 is 0 Å². The predicted octanol–water partition coefficient (Wildman–Crippen LogP) is 2.77. The van der Waals surface area contributed by atoms with Crippen molar-refractivity contribution in [2.24, 2.45) is 0 Å². The van der Waals surface area contributed by atoms with Gasteiger partial charge in [-0.2, -0.15) is 0 Å². The van der Waals surface area contributed by atoms with Crippen LogP contribution in [0.1, 0.15) is 18.1 Å². The number of pyridine rings is 1. The van der Waals surface area contributed by atoms with Crippen LogP contribution in [0.4, 0.5) is 4.39 Å². The maximum Gasteiger partial charge on any atom is 0.220 e. The van der Waals surface area contributed by atoms with Gasteiger partial charge in [0.2, 0.25) is 5.91 Å². The molecule has 1 amide bonds. The molecule has 0 atom stereocenters. The average Bonchev–Trinajstić information content (AvgIpc) is 2.41. The molecule has 3 nitrogen and oxygen atoms in total. The summed E-state index contributed by atoms with van der Waals surface area (Å²) in [5.74, 6) is -0.293. The Balaban J connectivity index is 2.08. The lowest BCUT2D eigenvalue weighted by Gasteiger charge is -2.21. The summed E-state index contributed by atoms with van der Waals surface area (Å²) in [5.41, 5.74) is 1.88. The van der Waals surface area contributed by atoms with Crippen LogP contribution in [0, 0.1) is 5.82 Å². The number of nitrogens with zero attached hydrogens (tertiary/aromatic N) is 2. The second kappa shape index (κ2) is 6.09. The SMILES string of the molecule is CC(=O)N(Cc1ccc(F)cc1)Cc1cccnc1. The zero-order valence-electron chi connectivity index (χ0n) is 10.7. The molecule has 1 aromatic heterocycles. The molecule has 0 saturated carbocycles. The van der Waals surface area contributed by atoms with Crippen molar-refractivity contribution >= 4 is 5.91 Å². The Labute approximate surface area is 111 Å². The van der Waals surface area contributed by atoms with E-state index in [1.165, 1.54) is 19.1 Å². The van der Waals surface area contributed by atoms with E-state index in [2.05, 4.69) is 4.98 Å². The number of carbonyl (C=O) groups excluding carboxylic acids is 1. The minimum absolute atomic E-state index is 0.0202. The van der Waals surface area contributed by atoms with Gasteiger partial charge in [0, 0.05) is 32.4 Å². The van der Waals surface area contributed by atoms with E-state index in [1.807, 2.05) is 12.1 Å². The Kier molecular flexibility index (Phi) is 4.23. The van der Waals surface area contributed by atoms with E-state index in [0.29, 0.717) is 13.1 Å². The van der Waals surface area contributed by atoms with Gasteiger partial charge in [-0.25, -0.2) is 4.39 Å². The summed E-state index contributed by atoms with van der Waals surface area (Å²) in [7, 11) is 0. The van der Waals surface area contributed by atoms with Crippen LogP contribution < -0.4 is 0 Å². The fraction of sp³-hybridized carbons (Fsp3) is 0.200. The molecule has 0 bridgehead atoms. The summed E-state index contributed by atoms with van der Waals surface area (Å²) in [6.07, 6.45) is 3.43. The predicted molar refractivity (Wildman–Crippen MR) is 70.6 cm³/mol. The largest absolute Gasteiger partial charge is 0.334 e. The number of benzene rings is 1. The molecular weight excluding hydrogens is 243 g/mol. The molecule has 4 heteroatoms. The van der Waals surface area contributed by atoms with Crippen molar-refractivity contribution in [3.63, 3.8) is 0 Å². The summed E-state index contributed by atoms with van der Waals surface area (Å²) in [4.78, 5) is 17.4. The molecular formula is C15H15FN2O. The van der Waals surface area contributed by atoms with Crippen molar-refractivity contribution < 1.29 is 9.18 Å². The molecule has 2 aromatic rings. The highest BCUT2D eigenvalue weighted by Gasteiger charge is 2.10. The number of hydrogen-bond donors (Lipinski definition) is 0. The molecule has 19 heavy (non-hydrogen) atoms. The molecule has 98 valence electrons. The van der Waals surface area contributed by atoms with Crippen molar-refractivity contribution in [3.05, 3.63) is 65.7 Å². The quantitative estimate of drug-likeness (QED) is 0.844. The molecule has 1 aromatic carbocycles. The van der Waals surface area contributed by atoms with Crippen LogP contribution in [0.25, 0.3) is 0 Å². The average molecular weight is 258 g/mol. The molecule has 0 aliphatic heterocycles. The number of amides is 1. The summed E-state index contributed by atoms with van der Waals surface area (Å²) in [6.45, 7) is 2.49. The van der Waals surface area contributed by atoms with Crippen molar-refractivity contribution in [3.8, 4) is 0 Å². The van der Waals surface area contributed by atoms with E-state index in [9.17, 15) is 9.18 Å². The fourth-order valence-electron chi connectivity index (χ4n) is 1.80.